The van der Waals surface area contributed by atoms with E-state index in [1.807, 2.05) is 0 Å². The van der Waals surface area contributed by atoms with E-state index >= 15 is 0 Å². The Bertz CT molecular complexity index is 605. The van der Waals surface area contributed by atoms with Gasteiger partial charge in [0.25, 0.3) is 0 Å². The summed E-state index contributed by atoms with van der Waals surface area (Å²) in [5.74, 6) is -1.71. The van der Waals surface area contributed by atoms with Crippen molar-refractivity contribution in [3.8, 4) is 0 Å². The molecule has 0 amide bonds. The summed E-state index contributed by atoms with van der Waals surface area (Å²) in [6, 6.07) is 3.89. The largest absolute Gasteiger partial charge is 0.481 e. The third-order valence-corrected chi connectivity index (χ3v) is 4.50. The lowest BCUT2D eigenvalue weighted by molar-refractivity contribution is -0.137. The Balaban J connectivity index is 2.34. The molecule has 0 aromatic heterocycles. The zero-order valence-corrected chi connectivity index (χ0v) is 11.3. The predicted octanol–water partition coefficient (Wildman–Crippen LogP) is 2.20. The molecule has 1 aliphatic rings. The first-order chi connectivity index (χ1) is 8.79. The number of carbonyl (C=O) groups is 1. The third kappa shape index (κ3) is 3.32. The molecule has 0 aliphatic heterocycles. The molecule has 1 unspecified atom stereocenters. The molecule has 1 aromatic rings. The molecule has 0 saturated heterocycles. The molecule has 0 spiro atoms. The Hall–Kier alpha value is -1.43. The van der Waals surface area contributed by atoms with Crippen LogP contribution >= 0.6 is 0 Å². The van der Waals surface area contributed by atoms with Crippen LogP contribution in [0.5, 0.6) is 0 Å². The number of rotatable bonds is 5. The molecule has 19 heavy (non-hydrogen) atoms. The lowest BCUT2D eigenvalue weighted by Gasteiger charge is -2.15. The molecule has 104 valence electrons. The number of benzene rings is 1. The van der Waals surface area contributed by atoms with E-state index in [2.05, 4.69) is 0 Å². The molecule has 0 bridgehead atoms. The summed E-state index contributed by atoms with van der Waals surface area (Å²) >= 11 is 0. The maximum atomic E-state index is 13.8. The lowest BCUT2D eigenvalue weighted by atomic mass is 9.91. The summed E-state index contributed by atoms with van der Waals surface area (Å²) in [5, 5.41) is 8.89. The number of hydrogen-bond donors (Lipinski definition) is 1. The summed E-state index contributed by atoms with van der Waals surface area (Å²) in [6.07, 6.45) is 2.77. The van der Waals surface area contributed by atoms with Crippen LogP contribution in [0.25, 0.3) is 0 Å². The molecule has 1 aliphatic carbocycles. The number of sulfone groups is 1. The van der Waals surface area contributed by atoms with Crippen molar-refractivity contribution in [3.63, 3.8) is 0 Å². The Morgan fingerprint density at radius 2 is 2.11 bits per heavy atom. The molecule has 0 heterocycles. The van der Waals surface area contributed by atoms with Crippen molar-refractivity contribution in [2.75, 3.05) is 6.26 Å². The minimum atomic E-state index is -3.59. The van der Waals surface area contributed by atoms with Gasteiger partial charge in [-0.25, -0.2) is 12.8 Å². The molecule has 2 rings (SSSR count). The number of aliphatic carboxylic acids is 1. The molecule has 1 atom stereocenters. The fraction of sp³-hybridized carbons (Fsp3) is 0.462. The highest BCUT2D eigenvalue weighted by Crippen LogP contribution is 2.44. The molecule has 1 saturated carbocycles. The molecule has 4 nitrogen and oxygen atoms in total. The first-order valence-electron chi connectivity index (χ1n) is 6.00. The van der Waals surface area contributed by atoms with E-state index in [4.69, 9.17) is 5.11 Å². The zero-order chi connectivity index (χ0) is 14.2. The number of carboxylic acid groups (broad SMARTS) is 1. The van der Waals surface area contributed by atoms with Gasteiger partial charge in [-0.3, -0.25) is 4.79 Å². The van der Waals surface area contributed by atoms with Crippen LogP contribution in [-0.2, 0) is 14.6 Å². The van der Waals surface area contributed by atoms with Gasteiger partial charge in [0.05, 0.1) is 6.42 Å². The minimum Gasteiger partial charge on any atom is -0.481 e. The van der Waals surface area contributed by atoms with Crippen molar-refractivity contribution in [1.29, 1.82) is 0 Å². The maximum absolute atomic E-state index is 13.8. The zero-order valence-electron chi connectivity index (χ0n) is 10.5. The summed E-state index contributed by atoms with van der Waals surface area (Å²) in [6.45, 7) is 0. The van der Waals surface area contributed by atoms with Crippen molar-refractivity contribution in [2.45, 2.75) is 30.1 Å². The minimum absolute atomic E-state index is 0.0532. The second-order valence-electron chi connectivity index (χ2n) is 5.00. The van der Waals surface area contributed by atoms with Gasteiger partial charge in [-0.15, -0.1) is 0 Å². The van der Waals surface area contributed by atoms with E-state index in [9.17, 15) is 17.6 Å². The van der Waals surface area contributed by atoms with Gasteiger partial charge in [-0.1, -0.05) is 6.07 Å². The highest BCUT2D eigenvalue weighted by molar-refractivity contribution is 7.90. The first-order valence-corrected chi connectivity index (χ1v) is 7.89. The summed E-state index contributed by atoms with van der Waals surface area (Å²) in [5.41, 5.74) is 0.565. The molecular formula is C13H15FO4S. The van der Waals surface area contributed by atoms with Crippen LogP contribution in [-0.4, -0.2) is 25.7 Å². The first kappa shape index (κ1) is 14.0. The Labute approximate surface area is 111 Å². The van der Waals surface area contributed by atoms with Crippen LogP contribution in [0.4, 0.5) is 4.39 Å². The van der Waals surface area contributed by atoms with Crippen molar-refractivity contribution >= 4 is 15.8 Å². The standard InChI is InChI=1S/C13H15FO4S/c1-19(17,18)12-5-4-9(6-11(12)14)10(7-13(15)16)8-2-3-8/h4-6,8,10H,2-3,7H2,1H3,(H,15,16). The lowest BCUT2D eigenvalue weighted by Crippen LogP contribution is -2.10. The quantitative estimate of drug-likeness (QED) is 0.900. The van der Waals surface area contributed by atoms with Crippen molar-refractivity contribution < 1.29 is 22.7 Å². The second-order valence-corrected chi connectivity index (χ2v) is 6.99. The summed E-state index contributed by atoms with van der Waals surface area (Å²) in [4.78, 5) is 10.5. The van der Waals surface area contributed by atoms with Crippen LogP contribution in [0, 0.1) is 11.7 Å². The normalized spacial score (nSPS) is 17.2. The smallest absolute Gasteiger partial charge is 0.303 e. The molecule has 6 heteroatoms. The van der Waals surface area contributed by atoms with Gasteiger partial charge < -0.3 is 5.11 Å². The highest BCUT2D eigenvalue weighted by atomic mass is 32.2. The molecule has 1 fully saturated rings. The summed E-state index contributed by atoms with van der Waals surface area (Å²) < 4.78 is 36.5. The van der Waals surface area contributed by atoms with Gasteiger partial charge in [-0.2, -0.15) is 0 Å². The Morgan fingerprint density at radius 1 is 1.47 bits per heavy atom. The van der Waals surface area contributed by atoms with Gasteiger partial charge in [0.15, 0.2) is 9.84 Å². The maximum Gasteiger partial charge on any atom is 0.303 e. The van der Waals surface area contributed by atoms with E-state index in [-0.39, 0.29) is 23.2 Å². The van der Waals surface area contributed by atoms with Gasteiger partial charge in [0.2, 0.25) is 0 Å². The van der Waals surface area contributed by atoms with E-state index < -0.39 is 21.6 Å². The number of hydrogen-bond acceptors (Lipinski definition) is 3. The van der Waals surface area contributed by atoms with Crippen molar-refractivity contribution in [3.05, 3.63) is 29.6 Å². The fourth-order valence-corrected chi connectivity index (χ4v) is 3.02. The van der Waals surface area contributed by atoms with E-state index in [0.29, 0.717) is 5.56 Å². The summed E-state index contributed by atoms with van der Waals surface area (Å²) in [7, 11) is -3.59. The van der Waals surface area contributed by atoms with Gasteiger partial charge in [0.1, 0.15) is 10.7 Å². The van der Waals surface area contributed by atoms with E-state index in [0.717, 1.165) is 25.2 Å². The van der Waals surface area contributed by atoms with E-state index in [1.54, 1.807) is 0 Å². The van der Waals surface area contributed by atoms with Crippen LogP contribution in [0.15, 0.2) is 23.1 Å². The average Bonchev–Trinajstić information content (AvgIpc) is 3.07. The van der Waals surface area contributed by atoms with Gasteiger partial charge >= 0.3 is 5.97 Å². The number of halogens is 1. The van der Waals surface area contributed by atoms with Crippen LogP contribution in [0.2, 0.25) is 0 Å². The van der Waals surface area contributed by atoms with Crippen molar-refractivity contribution in [2.24, 2.45) is 5.92 Å². The average molecular weight is 286 g/mol. The monoisotopic (exact) mass is 286 g/mol. The molecule has 0 radical (unpaired) electrons. The van der Waals surface area contributed by atoms with Crippen LogP contribution in [0.1, 0.15) is 30.7 Å². The topological polar surface area (TPSA) is 71.4 Å². The molecule has 1 aromatic carbocycles. The Kier molecular flexibility index (Phi) is 3.62. The SMILES string of the molecule is CS(=O)(=O)c1ccc(C(CC(=O)O)C2CC2)cc1F. The van der Waals surface area contributed by atoms with Crippen molar-refractivity contribution in [1.82, 2.24) is 0 Å². The Morgan fingerprint density at radius 3 is 2.53 bits per heavy atom. The number of carboxylic acids is 1. The second kappa shape index (κ2) is 4.92. The molecular weight excluding hydrogens is 271 g/mol. The third-order valence-electron chi connectivity index (χ3n) is 3.37. The highest BCUT2D eigenvalue weighted by Gasteiger charge is 2.34. The van der Waals surface area contributed by atoms with Crippen LogP contribution < -0.4 is 0 Å². The predicted molar refractivity (Wildman–Crippen MR) is 67.2 cm³/mol. The van der Waals surface area contributed by atoms with Gasteiger partial charge in [0, 0.05) is 6.26 Å². The van der Waals surface area contributed by atoms with Gasteiger partial charge in [-0.05, 0) is 42.4 Å². The van der Waals surface area contributed by atoms with Crippen LogP contribution in [0.3, 0.4) is 0 Å². The molecule has 1 N–H and O–H groups in total. The fourth-order valence-electron chi connectivity index (χ4n) is 2.29. The van der Waals surface area contributed by atoms with E-state index in [1.165, 1.54) is 12.1 Å².